The molecule has 6 nitrogen and oxygen atoms in total. The highest BCUT2D eigenvalue weighted by atomic mass is 32.2. The molecule has 2 fully saturated rings. The first-order valence-corrected chi connectivity index (χ1v) is 11.7. The summed E-state index contributed by atoms with van der Waals surface area (Å²) in [5.74, 6) is 1.42. The van der Waals surface area contributed by atoms with Crippen LogP contribution in [0.2, 0.25) is 0 Å². The van der Waals surface area contributed by atoms with Gasteiger partial charge in [0.05, 0.1) is 6.26 Å². The fourth-order valence-electron chi connectivity index (χ4n) is 4.02. The SMILES string of the molecule is CCNC(=NCC1(CC)CCCC1)NCC1CCN(S(C)(=O)=O)CC1. The monoisotopic (exact) mass is 372 g/mol. The van der Waals surface area contributed by atoms with Crippen molar-refractivity contribution in [3.05, 3.63) is 0 Å². The lowest BCUT2D eigenvalue weighted by molar-refractivity contribution is 0.274. The number of sulfonamides is 1. The lowest BCUT2D eigenvalue weighted by Crippen LogP contribution is -2.44. The highest BCUT2D eigenvalue weighted by Crippen LogP contribution is 2.41. The zero-order chi connectivity index (χ0) is 18.3. The van der Waals surface area contributed by atoms with Gasteiger partial charge in [0.15, 0.2) is 5.96 Å². The molecule has 1 aliphatic heterocycles. The van der Waals surface area contributed by atoms with Gasteiger partial charge in [0.1, 0.15) is 0 Å². The molecule has 0 amide bonds. The second-order valence-electron chi connectivity index (χ2n) is 7.74. The molecule has 1 heterocycles. The van der Waals surface area contributed by atoms with Crippen molar-refractivity contribution in [3.8, 4) is 0 Å². The Labute approximate surface area is 153 Å². The normalized spacial score (nSPS) is 22.9. The minimum atomic E-state index is -3.04. The summed E-state index contributed by atoms with van der Waals surface area (Å²) in [4.78, 5) is 4.87. The third kappa shape index (κ3) is 6.13. The van der Waals surface area contributed by atoms with Crippen LogP contribution < -0.4 is 10.6 Å². The average molecular weight is 373 g/mol. The first kappa shape index (κ1) is 20.5. The quantitative estimate of drug-likeness (QED) is 0.531. The smallest absolute Gasteiger partial charge is 0.211 e. The fraction of sp³-hybridized carbons (Fsp3) is 0.944. The van der Waals surface area contributed by atoms with Crippen molar-refractivity contribution in [2.45, 2.75) is 58.8 Å². The number of aliphatic imine (C=N–C) groups is 1. The Kier molecular flexibility index (Phi) is 7.55. The maximum absolute atomic E-state index is 11.6. The number of hydrogen-bond donors (Lipinski definition) is 2. The molecule has 0 aromatic heterocycles. The molecule has 1 saturated carbocycles. The topological polar surface area (TPSA) is 73.8 Å². The lowest BCUT2D eigenvalue weighted by atomic mass is 9.84. The molecule has 25 heavy (non-hydrogen) atoms. The summed E-state index contributed by atoms with van der Waals surface area (Å²) in [5, 5.41) is 6.83. The number of hydrogen-bond acceptors (Lipinski definition) is 3. The molecule has 0 unspecified atom stereocenters. The number of piperidine rings is 1. The predicted octanol–water partition coefficient (Wildman–Crippen LogP) is 2.18. The molecule has 7 heteroatoms. The Morgan fingerprint density at radius 1 is 1.16 bits per heavy atom. The Morgan fingerprint density at radius 2 is 1.80 bits per heavy atom. The minimum absolute atomic E-state index is 0.406. The molecule has 0 aromatic rings. The van der Waals surface area contributed by atoms with Gasteiger partial charge in [-0.1, -0.05) is 19.8 Å². The predicted molar refractivity (Wildman–Crippen MR) is 104 cm³/mol. The molecule has 0 radical (unpaired) electrons. The standard InChI is InChI=1S/C18H36N4O2S/c1-4-18(10-6-7-11-18)15-21-17(19-5-2)20-14-16-8-12-22(13-9-16)25(3,23)24/h16H,4-15H2,1-3H3,(H2,19,20,21). The van der Waals surface area contributed by atoms with E-state index in [4.69, 9.17) is 4.99 Å². The highest BCUT2D eigenvalue weighted by molar-refractivity contribution is 7.88. The van der Waals surface area contributed by atoms with Crippen molar-refractivity contribution in [2.24, 2.45) is 16.3 Å². The zero-order valence-electron chi connectivity index (χ0n) is 16.2. The summed E-state index contributed by atoms with van der Waals surface area (Å²) in [6, 6.07) is 0. The molecule has 0 aromatic carbocycles. The second-order valence-corrected chi connectivity index (χ2v) is 9.72. The third-order valence-corrected chi connectivity index (χ3v) is 7.23. The van der Waals surface area contributed by atoms with Crippen molar-refractivity contribution in [1.29, 1.82) is 0 Å². The molecule has 2 rings (SSSR count). The van der Waals surface area contributed by atoms with Crippen LogP contribution in [0, 0.1) is 11.3 Å². The van der Waals surface area contributed by atoms with Gasteiger partial charge in [-0.25, -0.2) is 12.7 Å². The number of rotatable bonds is 7. The fourth-order valence-corrected chi connectivity index (χ4v) is 4.90. The van der Waals surface area contributed by atoms with Crippen molar-refractivity contribution in [2.75, 3.05) is 39.0 Å². The van der Waals surface area contributed by atoms with Crippen LogP contribution in [0.1, 0.15) is 58.8 Å². The van der Waals surface area contributed by atoms with Crippen LogP contribution in [-0.4, -0.2) is 57.7 Å². The number of guanidine groups is 1. The van der Waals surface area contributed by atoms with Crippen LogP contribution in [0.25, 0.3) is 0 Å². The van der Waals surface area contributed by atoms with Gasteiger partial charge in [0.25, 0.3) is 0 Å². The molecule has 1 saturated heterocycles. The van der Waals surface area contributed by atoms with E-state index < -0.39 is 10.0 Å². The summed E-state index contributed by atoms with van der Waals surface area (Å²) < 4.78 is 24.8. The Hall–Kier alpha value is -0.820. The average Bonchev–Trinajstić information content (AvgIpc) is 3.06. The van der Waals surface area contributed by atoms with Crippen molar-refractivity contribution in [3.63, 3.8) is 0 Å². The third-order valence-electron chi connectivity index (χ3n) is 5.93. The Bertz CT molecular complexity index is 533. The van der Waals surface area contributed by atoms with E-state index in [-0.39, 0.29) is 0 Å². The molecule has 2 N–H and O–H groups in total. The summed E-state index contributed by atoms with van der Waals surface area (Å²) >= 11 is 0. The Balaban J connectivity index is 1.82. The largest absolute Gasteiger partial charge is 0.357 e. The van der Waals surface area contributed by atoms with Gasteiger partial charge >= 0.3 is 0 Å². The van der Waals surface area contributed by atoms with Gasteiger partial charge in [-0.3, -0.25) is 4.99 Å². The molecule has 0 spiro atoms. The van der Waals surface area contributed by atoms with Crippen LogP contribution in [0.4, 0.5) is 0 Å². The zero-order valence-corrected chi connectivity index (χ0v) is 17.0. The summed E-state index contributed by atoms with van der Waals surface area (Å²) in [5.41, 5.74) is 0.406. The molecule has 2 aliphatic rings. The first-order chi connectivity index (χ1) is 11.9. The van der Waals surface area contributed by atoms with Gasteiger partial charge in [0, 0.05) is 32.7 Å². The van der Waals surface area contributed by atoms with Gasteiger partial charge in [-0.05, 0) is 50.4 Å². The number of nitrogens with one attached hydrogen (secondary N) is 2. The van der Waals surface area contributed by atoms with E-state index in [0.717, 1.165) is 38.4 Å². The van der Waals surface area contributed by atoms with Gasteiger partial charge in [0.2, 0.25) is 10.0 Å². The van der Waals surface area contributed by atoms with Crippen molar-refractivity contribution in [1.82, 2.24) is 14.9 Å². The Morgan fingerprint density at radius 3 is 2.32 bits per heavy atom. The summed E-state index contributed by atoms with van der Waals surface area (Å²) in [6.45, 7) is 8.28. The van der Waals surface area contributed by atoms with Crippen LogP contribution >= 0.6 is 0 Å². The molecule has 0 bridgehead atoms. The van der Waals surface area contributed by atoms with Crippen molar-refractivity contribution < 1.29 is 8.42 Å². The molecular formula is C18H36N4O2S. The first-order valence-electron chi connectivity index (χ1n) is 9.86. The van der Waals surface area contributed by atoms with Crippen LogP contribution in [0.3, 0.4) is 0 Å². The van der Waals surface area contributed by atoms with E-state index >= 15 is 0 Å². The lowest BCUT2D eigenvalue weighted by Gasteiger charge is -2.30. The molecule has 0 atom stereocenters. The highest BCUT2D eigenvalue weighted by Gasteiger charge is 2.31. The van der Waals surface area contributed by atoms with Gasteiger partial charge < -0.3 is 10.6 Å². The van der Waals surface area contributed by atoms with E-state index in [1.165, 1.54) is 38.4 Å². The van der Waals surface area contributed by atoms with Gasteiger partial charge in [-0.15, -0.1) is 0 Å². The van der Waals surface area contributed by atoms with E-state index in [2.05, 4.69) is 24.5 Å². The molecular weight excluding hydrogens is 336 g/mol. The minimum Gasteiger partial charge on any atom is -0.357 e. The van der Waals surface area contributed by atoms with Crippen molar-refractivity contribution >= 4 is 16.0 Å². The van der Waals surface area contributed by atoms with E-state index in [1.807, 2.05) is 0 Å². The number of nitrogens with zero attached hydrogens (tertiary/aromatic N) is 2. The summed E-state index contributed by atoms with van der Waals surface area (Å²) in [7, 11) is -3.04. The van der Waals surface area contributed by atoms with E-state index in [9.17, 15) is 8.42 Å². The van der Waals surface area contributed by atoms with Crippen LogP contribution in [0.5, 0.6) is 0 Å². The van der Waals surface area contributed by atoms with Crippen LogP contribution in [-0.2, 0) is 10.0 Å². The summed E-state index contributed by atoms with van der Waals surface area (Å²) in [6.07, 6.45) is 9.62. The van der Waals surface area contributed by atoms with Crippen LogP contribution in [0.15, 0.2) is 4.99 Å². The van der Waals surface area contributed by atoms with E-state index in [0.29, 0.717) is 24.4 Å². The molecule has 1 aliphatic carbocycles. The van der Waals surface area contributed by atoms with E-state index in [1.54, 1.807) is 4.31 Å². The maximum atomic E-state index is 11.6. The maximum Gasteiger partial charge on any atom is 0.211 e. The second kappa shape index (κ2) is 9.21. The molecule has 146 valence electrons. The van der Waals surface area contributed by atoms with Gasteiger partial charge in [-0.2, -0.15) is 0 Å².